The van der Waals surface area contributed by atoms with Gasteiger partial charge in [-0.2, -0.15) is 0 Å². The number of para-hydroxylation sites is 1. The Morgan fingerprint density at radius 2 is 1.56 bits per heavy atom. The van der Waals surface area contributed by atoms with E-state index in [0.717, 1.165) is 22.4 Å². The average molecular weight is 441 g/mol. The van der Waals surface area contributed by atoms with E-state index < -0.39 is 0 Å². The van der Waals surface area contributed by atoms with Gasteiger partial charge >= 0.3 is 0 Å². The summed E-state index contributed by atoms with van der Waals surface area (Å²) in [5.41, 5.74) is 3.02. The van der Waals surface area contributed by atoms with Crippen LogP contribution in [-0.2, 0) is 17.9 Å². The van der Waals surface area contributed by atoms with Gasteiger partial charge in [-0.25, -0.2) is 0 Å². The topological polar surface area (TPSA) is 41.9 Å². The third-order valence-corrected chi connectivity index (χ3v) is 5.92. The summed E-state index contributed by atoms with van der Waals surface area (Å²) in [6, 6.07) is 27.7. The SMILES string of the molecule is C=CCOc1ccccc1/C=C1/SC(=NCc2ccccc2)N(Cc2ccccc2)C1=O. The summed E-state index contributed by atoms with van der Waals surface area (Å²) in [5, 5.41) is 0.707. The molecule has 3 aromatic rings. The molecule has 0 atom stereocenters. The van der Waals surface area contributed by atoms with Crippen molar-refractivity contribution in [1.29, 1.82) is 0 Å². The highest BCUT2D eigenvalue weighted by atomic mass is 32.2. The fourth-order valence-corrected chi connectivity index (χ4v) is 4.26. The maximum atomic E-state index is 13.4. The van der Waals surface area contributed by atoms with Crippen molar-refractivity contribution >= 4 is 28.9 Å². The third kappa shape index (κ3) is 5.37. The number of amidine groups is 1. The predicted octanol–water partition coefficient (Wildman–Crippen LogP) is 5.92. The first-order chi connectivity index (χ1) is 15.7. The van der Waals surface area contributed by atoms with Gasteiger partial charge in [0.15, 0.2) is 5.17 Å². The van der Waals surface area contributed by atoms with Gasteiger partial charge in [0, 0.05) is 5.56 Å². The molecule has 0 saturated carbocycles. The number of thioether (sulfide) groups is 1. The average Bonchev–Trinajstić information content (AvgIpc) is 3.12. The Morgan fingerprint density at radius 1 is 0.906 bits per heavy atom. The first-order valence-corrected chi connectivity index (χ1v) is 11.2. The normalized spacial score (nSPS) is 16.0. The number of amides is 1. The van der Waals surface area contributed by atoms with E-state index in [9.17, 15) is 4.79 Å². The second kappa shape index (κ2) is 10.6. The fraction of sp³-hybridized carbons (Fsp3) is 0.111. The Bertz CT molecular complexity index is 1140. The molecule has 4 nitrogen and oxygen atoms in total. The van der Waals surface area contributed by atoms with Crippen molar-refractivity contribution in [3.63, 3.8) is 0 Å². The van der Waals surface area contributed by atoms with Crippen molar-refractivity contribution in [2.45, 2.75) is 13.1 Å². The molecular formula is C27H24N2O2S. The van der Waals surface area contributed by atoms with E-state index in [1.807, 2.05) is 91.0 Å². The number of benzene rings is 3. The van der Waals surface area contributed by atoms with Gasteiger partial charge in [-0.3, -0.25) is 14.7 Å². The van der Waals surface area contributed by atoms with Gasteiger partial charge < -0.3 is 4.74 Å². The standard InChI is InChI=1S/C27H24N2O2S/c1-2-17-31-24-16-10-9-15-23(24)18-25-26(30)29(20-22-13-7-4-8-14-22)27(32-25)28-19-21-11-5-3-6-12-21/h2-16,18H,1,17,19-20H2/b25-18+,28-27?. The highest BCUT2D eigenvalue weighted by Crippen LogP contribution is 2.35. The van der Waals surface area contributed by atoms with Gasteiger partial charge in [0.05, 0.1) is 18.0 Å². The molecule has 1 fully saturated rings. The number of ether oxygens (including phenoxy) is 1. The number of hydrogen-bond donors (Lipinski definition) is 0. The van der Waals surface area contributed by atoms with E-state index in [1.54, 1.807) is 11.0 Å². The smallest absolute Gasteiger partial charge is 0.267 e. The zero-order valence-corrected chi connectivity index (χ0v) is 18.5. The highest BCUT2D eigenvalue weighted by Gasteiger charge is 2.33. The van der Waals surface area contributed by atoms with Gasteiger partial charge in [0.1, 0.15) is 12.4 Å². The Morgan fingerprint density at radius 3 is 2.28 bits per heavy atom. The molecule has 1 saturated heterocycles. The maximum absolute atomic E-state index is 13.4. The molecule has 0 bridgehead atoms. The third-order valence-electron chi connectivity index (χ3n) is 4.87. The summed E-state index contributed by atoms with van der Waals surface area (Å²) >= 11 is 1.40. The zero-order valence-electron chi connectivity index (χ0n) is 17.7. The summed E-state index contributed by atoms with van der Waals surface area (Å²) in [5.74, 6) is 0.668. The van der Waals surface area contributed by atoms with E-state index in [1.165, 1.54) is 11.8 Å². The molecule has 4 rings (SSSR count). The van der Waals surface area contributed by atoms with Crippen LogP contribution in [0.25, 0.3) is 6.08 Å². The number of hydrogen-bond acceptors (Lipinski definition) is 4. The molecule has 160 valence electrons. The van der Waals surface area contributed by atoms with E-state index in [2.05, 4.69) is 6.58 Å². The van der Waals surface area contributed by atoms with Gasteiger partial charge in [0.25, 0.3) is 5.91 Å². The van der Waals surface area contributed by atoms with E-state index >= 15 is 0 Å². The molecule has 0 aliphatic carbocycles. The van der Waals surface area contributed by atoms with Crippen molar-refractivity contribution in [2.24, 2.45) is 4.99 Å². The number of carbonyl (C=O) groups excluding carboxylic acids is 1. The molecule has 1 amide bonds. The van der Waals surface area contributed by atoms with Crippen LogP contribution in [0.2, 0.25) is 0 Å². The van der Waals surface area contributed by atoms with Crippen molar-refractivity contribution in [1.82, 2.24) is 4.90 Å². The van der Waals surface area contributed by atoms with Crippen LogP contribution in [0, 0.1) is 0 Å². The summed E-state index contributed by atoms with van der Waals surface area (Å²) in [6.07, 6.45) is 3.59. The fourth-order valence-electron chi connectivity index (χ4n) is 3.29. The zero-order chi connectivity index (χ0) is 22.2. The van der Waals surface area contributed by atoms with Gasteiger partial charge in [-0.1, -0.05) is 91.5 Å². The van der Waals surface area contributed by atoms with Gasteiger partial charge in [-0.15, -0.1) is 0 Å². The lowest BCUT2D eigenvalue weighted by molar-refractivity contribution is -0.122. The molecule has 0 N–H and O–H groups in total. The van der Waals surface area contributed by atoms with Gasteiger partial charge in [0.2, 0.25) is 0 Å². The van der Waals surface area contributed by atoms with Crippen LogP contribution in [0.1, 0.15) is 16.7 Å². The van der Waals surface area contributed by atoms with Crippen LogP contribution in [0.3, 0.4) is 0 Å². The maximum Gasteiger partial charge on any atom is 0.267 e. The van der Waals surface area contributed by atoms with E-state index in [0.29, 0.717) is 29.8 Å². The van der Waals surface area contributed by atoms with E-state index in [-0.39, 0.29) is 5.91 Å². The molecule has 0 spiro atoms. The lowest BCUT2D eigenvalue weighted by atomic mass is 10.1. The van der Waals surface area contributed by atoms with Crippen LogP contribution in [0.15, 0.2) is 107 Å². The number of nitrogens with zero attached hydrogens (tertiary/aromatic N) is 2. The van der Waals surface area contributed by atoms with Crippen molar-refractivity contribution in [3.8, 4) is 5.75 Å². The number of carbonyl (C=O) groups is 1. The van der Waals surface area contributed by atoms with Crippen LogP contribution in [0.5, 0.6) is 5.75 Å². The van der Waals surface area contributed by atoms with Crippen LogP contribution < -0.4 is 4.74 Å². The van der Waals surface area contributed by atoms with E-state index in [4.69, 9.17) is 9.73 Å². The van der Waals surface area contributed by atoms with Crippen molar-refractivity contribution in [2.75, 3.05) is 6.61 Å². The summed E-state index contributed by atoms with van der Waals surface area (Å²) < 4.78 is 5.76. The van der Waals surface area contributed by atoms with Crippen molar-refractivity contribution < 1.29 is 9.53 Å². The summed E-state index contributed by atoms with van der Waals surface area (Å²) in [4.78, 5) is 20.5. The second-order valence-electron chi connectivity index (χ2n) is 7.21. The Labute approximate surface area is 192 Å². The number of rotatable bonds is 8. The van der Waals surface area contributed by atoms with Crippen LogP contribution in [0.4, 0.5) is 0 Å². The lowest BCUT2D eigenvalue weighted by Crippen LogP contribution is -2.28. The Hall–Kier alpha value is -3.57. The molecule has 1 heterocycles. The minimum Gasteiger partial charge on any atom is -0.489 e. The molecule has 5 heteroatoms. The molecule has 0 aromatic heterocycles. The van der Waals surface area contributed by atoms with Gasteiger partial charge in [-0.05, 0) is 35.0 Å². The molecule has 1 aliphatic rings. The van der Waals surface area contributed by atoms with Crippen molar-refractivity contribution in [3.05, 3.63) is 119 Å². The summed E-state index contributed by atoms with van der Waals surface area (Å²) in [7, 11) is 0. The molecule has 0 radical (unpaired) electrons. The van der Waals surface area contributed by atoms with Crippen LogP contribution >= 0.6 is 11.8 Å². The lowest BCUT2D eigenvalue weighted by Gasteiger charge is -2.15. The first-order valence-electron chi connectivity index (χ1n) is 10.4. The quantitative estimate of drug-likeness (QED) is 0.322. The largest absolute Gasteiger partial charge is 0.489 e. The predicted molar refractivity (Wildman–Crippen MR) is 132 cm³/mol. The molecular weight excluding hydrogens is 416 g/mol. The Balaban J connectivity index is 1.64. The molecule has 0 unspecified atom stereocenters. The Kier molecular flexibility index (Phi) is 7.20. The number of aliphatic imine (C=N–C) groups is 1. The minimum atomic E-state index is -0.0517. The first kappa shape index (κ1) is 21.7. The summed E-state index contributed by atoms with van der Waals surface area (Å²) in [6.45, 7) is 5.11. The second-order valence-corrected chi connectivity index (χ2v) is 8.22. The van der Waals surface area contributed by atoms with Crippen LogP contribution in [-0.4, -0.2) is 22.6 Å². The monoisotopic (exact) mass is 440 g/mol. The molecule has 1 aliphatic heterocycles. The molecule has 32 heavy (non-hydrogen) atoms. The highest BCUT2D eigenvalue weighted by molar-refractivity contribution is 8.18. The minimum absolute atomic E-state index is 0.0517. The molecule has 3 aromatic carbocycles.